The number of amides is 1. The molecule has 1 amide bonds. The highest BCUT2D eigenvalue weighted by molar-refractivity contribution is 6.31. The number of aromatic nitrogens is 4. The number of hydrogen-bond acceptors (Lipinski definition) is 5. The van der Waals surface area contributed by atoms with Crippen molar-refractivity contribution in [1.82, 2.24) is 25.2 Å². The van der Waals surface area contributed by atoms with E-state index in [1.807, 2.05) is 25.1 Å². The first-order valence-electron chi connectivity index (χ1n) is 8.30. The Morgan fingerprint density at radius 3 is 2.57 bits per heavy atom. The van der Waals surface area contributed by atoms with E-state index >= 15 is 0 Å². The highest BCUT2D eigenvalue weighted by atomic mass is 35.5. The molecule has 0 aliphatic rings. The average molecular weight is 413 g/mol. The zero-order valence-electron chi connectivity index (χ0n) is 14.6. The third-order valence-electron chi connectivity index (χ3n) is 4.17. The predicted molar refractivity (Wildman–Crippen MR) is 109 cm³/mol. The summed E-state index contributed by atoms with van der Waals surface area (Å²) < 4.78 is 1.68. The maximum Gasteiger partial charge on any atom is 0.269 e. The molecule has 4 aromatic rings. The fourth-order valence-electron chi connectivity index (χ4n) is 2.72. The number of hydrogen-bond donors (Lipinski definition) is 2. The third kappa shape index (κ3) is 3.49. The van der Waals surface area contributed by atoms with Crippen LogP contribution in [0.15, 0.2) is 55.0 Å². The van der Waals surface area contributed by atoms with Gasteiger partial charge in [-0.15, -0.1) is 0 Å². The Bertz CT molecular complexity index is 1170. The lowest BCUT2D eigenvalue weighted by Gasteiger charge is -2.10. The molecule has 2 heterocycles. The van der Waals surface area contributed by atoms with Crippen LogP contribution in [0.4, 0.5) is 5.82 Å². The van der Waals surface area contributed by atoms with E-state index in [2.05, 4.69) is 25.9 Å². The van der Waals surface area contributed by atoms with Gasteiger partial charge in [0.25, 0.3) is 5.91 Å². The van der Waals surface area contributed by atoms with Gasteiger partial charge < -0.3 is 0 Å². The molecule has 0 spiro atoms. The molecule has 2 aromatic heterocycles. The fraction of sp³-hybridized carbons (Fsp3) is 0.0526. The first kappa shape index (κ1) is 18.2. The molecule has 2 aromatic carbocycles. The maximum absolute atomic E-state index is 12.3. The average Bonchev–Trinajstić information content (AvgIpc) is 3.13. The summed E-state index contributed by atoms with van der Waals surface area (Å²) in [6.07, 6.45) is 3.03. The number of benzene rings is 2. The summed E-state index contributed by atoms with van der Waals surface area (Å²) in [5, 5.41) is 6.23. The number of aryl methyl sites for hydroxylation is 1. The second-order valence-corrected chi connectivity index (χ2v) is 6.91. The molecule has 4 rings (SSSR count). The second-order valence-electron chi connectivity index (χ2n) is 6.03. The monoisotopic (exact) mass is 412 g/mol. The van der Waals surface area contributed by atoms with Crippen molar-refractivity contribution < 1.29 is 4.79 Å². The lowest BCUT2D eigenvalue weighted by Crippen LogP contribution is -2.29. The van der Waals surface area contributed by atoms with Crippen LogP contribution in [-0.2, 0) is 0 Å². The molecule has 0 saturated heterocycles. The molecule has 9 heteroatoms. The number of rotatable bonds is 4. The molecule has 2 N–H and O–H groups in total. The molecule has 0 unspecified atom stereocenters. The summed E-state index contributed by atoms with van der Waals surface area (Å²) in [6.45, 7) is 1.96. The lowest BCUT2D eigenvalue weighted by atomic mass is 10.2. The molecule has 0 aliphatic heterocycles. The molecule has 0 bridgehead atoms. The lowest BCUT2D eigenvalue weighted by molar-refractivity contribution is 0.0962. The van der Waals surface area contributed by atoms with Gasteiger partial charge in [-0.3, -0.25) is 15.6 Å². The van der Waals surface area contributed by atoms with Crippen molar-refractivity contribution in [2.45, 2.75) is 6.92 Å². The minimum Gasteiger partial charge on any atom is -0.281 e. The number of nitrogens with one attached hydrogen (secondary N) is 2. The first-order chi connectivity index (χ1) is 13.5. The molecule has 0 saturated carbocycles. The van der Waals surface area contributed by atoms with Gasteiger partial charge in [-0.05, 0) is 48.9 Å². The molecular formula is C19H14Cl2N6O. The van der Waals surface area contributed by atoms with Crippen molar-refractivity contribution in [3.63, 3.8) is 0 Å². The summed E-state index contributed by atoms with van der Waals surface area (Å²) in [5.74, 6) is 0.111. The van der Waals surface area contributed by atoms with Gasteiger partial charge in [0.05, 0.1) is 17.3 Å². The Balaban J connectivity index is 1.62. The molecule has 0 atom stereocenters. The zero-order chi connectivity index (χ0) is 19.7. The van der Waals surface area contributed by atoms with Gasteiger partial charge in [0.15, 0.2) is 11.5 Å². The van der Waals surface area contributed by atoms with Crippen LogP contribution in [0.3, 0.4) is 0 Å². The Morgan fingerprint density at radius 1 is 1.04 bits per heavy atom. The molecule has 0 radical (unpaired) electrons. The van der Waals surface area contributed by atoms with Crippen molar-refractivity contribution in [1.29, 1.82) is 0 Å². The van der Waals surface area contributed by atoms with Crippen molar-refractivity contribution in [3.05, 3.63) is 76.2 Å². The number of fused-ring (bicyclic) bond motifs is 1. The van der Waals surface area contributed by atoms with Crippen molar-refractivity contribution in [3.8, 4) is 5.69 Å². The van der Waals surface area contributed by atoms with Crippen LogP contribution in [-0.4, -0.2) is 25.7 Å². The minimum atomic E-state index is -0.318. The Labute approximate surface area is 170 Å². The Kier molecular flexibility index (Phi) is 4.85. The Morgan fingerprint density at radius 2 is 1.79 bits per heavy atom. The van der Waals surface area contributed by atoms with E-state index in [-0.39, 0.29) is 5.91 Å². The minimum absolute atomic E-state index is 0.318. The van der Waals surface area contributed by atoms with Crippen molar-refractivity contribution >= 4 is 46.0 Å². The van der Waals surface area contributed by atoms with E-state index < -0.39 is 0 Å². The molecule has 140 valence electrons. The quantitative estimate of drug-likeness (QED) is 0.490. The topological polar surface area (TPSA) is 84.7 Å². The standard InChI is InChI=1S/C19H14Cl2N6O/c1-11-2-5-14(21)8-16(11)27-18-15(9-24-27)17(22-10-23-18)25-26-19(28)12-3-6-13(20)7-4-12/h2-10H,1H3,(H,26,28)(H,22,23,25). The third-order valence-corrected chi connectivity index (χ3v) is 4.65. The van der Waals surface area contributed by atoms with Gasteiger partial charge in [0, 0.05) is 15.6 Å². The van der Waals surface area contributed by atoms with E-state index in [9.17, 15) is 4.79 Å². The highest BCUT2D eigenvalue weighted by Gasteiger charge is 2.14. The number of hydrazine groups is 1. The SMILES string of the molecule is Cc1ccc(Cl)cc1-n1ncc2c(NNC(=O)c3ccc(Cl)cc3)ncnc21. The van der Waals surface area contributed by atoms with Gasteiger partial charge in [0.1, 0.15) is 6.33 Å². The molecule has 0 fully saturated rings. The van der Waals surface area contributed by atoms with E-state index in [1.54, 1.807) is 35.1 Å². The highest BCUT2D eigenvalue weighted by Crippen LogP contribution is 2.25. The van der Waals surface area contributed by atoms with Gasteiger partial charge in [0.2, 0.25) is 0 Å². The van der Waals surface area contributed by atoms with Gasteiger partial charge >= 0.3 is 0 Å². The van der Waals surface area contributed by atoms with Crippen LogP contribution in [0.25, 0.3) is 16.7 Å². The van der Waals surface area contributed by atoms with E-state index in [1.165, 1.54) is 6.33 Å². The fourth-order valence-corrected chi connectivity index (χ4v) is 3.01. The van der Waals surface area contributed by atoms with Crippen LogP contribution in [0.1, 0.15) is 15.9 Å². The summed E-state index contributed by atoms with van der Waals surface area (Å²) in [6, 6.07) is 12.1. The number of anilines is 1. The van der Waals surface area contributed by atoms with Gasteiger partial charge in [-0.1, -0.05) is 29.3 Å². The normalized spacial score (nSPS) is 10.8. The number of halogens is 2. The zero-order valence-corrected chi connectivity index (χ0v) is 16.2. The van der Waals surface area contributed by atoms with Crippen LogP contribution < -0.4 is 10.9 Å². The van der Waals surface area contributed by atoms with Gasteiger partial charge in [-0.2, -0.15) is 5.10 Å². The van der Waals surface area contributed by atoms with E-state index in [4.69, 9.17) is 23.2 Å². The maximum atomic E-state index is 12.3. The number of nitrogens with zero attached hydrogens (tertiary/aromatic N) is 4. The summed E-state index contributed by atoms with van der Waals surface area (Å²) in [5.41, 5.74) is 8.31. The molecular weight excluding hydrogens is 399 g/mol. The van der Waals surface area contributed by atoms with Crippen LogP contribution in [0.2, 0.25) is 10.0 Å². The van der Waals surface area contributed by atoms with Crippen molar-refractivity contribution in [2.24, 2.45) is 0 Å². The van der Waals surface area contributed by atoms with E-state index in [0.717, 1.165) is 11.3 Å². The second kappa shape index (κ2) is 7.46. The molecule has 7 nitrogen and oxygen atoms in total. The smallest absolute Gasteiger partial charge is 0.269 e. The van der Waals surface area contributed by atoms with Gasteiger partial charge in [-0.25, -0.2) is 14.6 Å². The van der Waals surface area contributed by atoms with Crippen LogP contribution >= 0.6 is 23.2 Å². The molecule has 28 heavy (non-hydrogen) atoms. The van der Waals surface area contributed by atoms with E-state index in [0.29, 0.717) is 32.5 Å². The Hall–Kier alpha value is -3.16. The van der Waals surface area contributed by atoms with Crippen LogP contribution in [0.5, 0.6) is 0 Å². The summed E-state index contributed by atoms with van der Waals surface area (Å²) in [7, 11) is 0. The number of carbonyl (C=O) groups is 1. The largest absolute Gasteiger partial charge is 0.281 e. The summed E-state index contributed by atoms with van der Waals surface area (Å²) in [4.78, 5) is 20.8. The van der Waals surface area contributed by atoms with Crippen molar-refractivity contribution in [2.75, 3.05) is 5.43 Å². The number of carbonyl (C=O) groups excluding carboxylic acids is 1. The molecule has 0 aliphatic carbocycles. The first-order valence-corrected chi connectivity index (χ1v) is 9.06. The van der Waals surface area contributed by atoms with Crippen LogP contribution in [0, 0.1) is 6.92 Å². The predicted octanol–water partition coefficient (Wildman–Crippen LogP) is 4.19. The summed E-state index contributed by atoms with van der Waals surface area (Å²) >= 11 is 12.0.